The van der Waals surface area contributed by atoms with Crippen molar-refractivity contribution in [3.63, 3.8) is 0 Å². The lowest BCUT2D eigenvalue weighted by Crippen LogP contribution is -2.30. The van der Waals surface area contributed by atoms with E-state index < -0.39 is 5.82 Å². The second-order valence-electron chi connectivity index (χ2n) is 8.84. The molecule has 5 rings (SSSR count). The lowest BCUT2D eigenvalue weighted by Gasteiger charge is -2.28. The van der Waals surface area contributed by atoms with Gasteiger partial charge in [0.15, 0.2) is 0 Å². The van der Waals surface area contributed by atoms with Gasteiger partial charge in [0.25, 0.3) is 0 Å². The molecule has 1 saturated carbocycles. The van der Waals surface area contributed by atoms with Gasteiger partial charge in [0.1, 0.15) is 17.6 Å². The molecule has 0 aliphatic heterocycles. The van der Waals surface area contributed by atoms with Crippen molar-refractivity contribution in [1.29, 1.82) is 5.26 Å². The van der Waals surface area contributed by atoms with Gasteiger partial charge in [-0.05, 0) is 62.4 Å². The molecule has 1 fully saturated rings. The molecule has 2 aromatic heterocycles. The van der Waals surface area contributed by atoms with Gasteiger partial charge in [-0.1, -0.05) is 12.1 Å². The standard InChI is InChI=1S/C26H27FN6O/c1-3-34-26-24(16-9-10-23-19(11-16)15-30-32(23)2)25(17-7-8-18(14-28)22(27)12-17)31-33(26)21-6-4-5-20(29)13-21/h7-12,15,20-21H,3-6,13,29H2,1-2H3. The number of halogens is 1. The Balaban J connectivity index is 1.75. The van der Waals surface area contributed by atoms with Crippen LogP contribution in [0, 0.1) is 17.1 Å². The maximum atomic E-state index is 14.6. The van der Waals surface area contributed by atoms with E-state index in [-0.39, 0.29) is 17.6 Å². The van der Waals surface area contributed by atoms with Crippen LogP contribution in [0.15, 0.2) is 42.6 Å². The van der Waals surface area contributed by atoms with E-state index in [0.717, 1.165) is 47.7 Å². The van der Waals surface area contributed by atoms with Crippen LogP contribution in [0.4, 0.5) is 4.39 Å². The van der Waals surface area contributed by atoms with Crippen molar-refractivity contribution in [2.75, 3.05) is 6.61 Å². The predicted octanol–water partition coefficient (Wildman–Crippen LogP) is 4.96. The number of fused-ring (bicyclic) bond motifs is 1. The van der Waals surface area contributed by atoms with Crippen molar-refractivity contribution in [1.82, 2.24) is 19.6 Å². The molecule has 0 bridgehead atoms. The van der Waals surface area contributed by atoms with Crippen LogP contribution >= 0.6 is 0 Å². The minimum absolute atomic E-state index is 0.00444. The summed E-state index contributed by atoms with van der Waals surface area (Å²) in [5.74, 6) is 0.0884. The molecular weight excluding hydrogens is 431 g/mol. The zero-order valence-corrected chi connectivity index (χ0v) is 19.3. The van der Waals surface area contributed by atoms with Gasteiger partial charge in [-0.15, -0.1) is 0 Å². The average molecular weight is 459 g/mol. The number of nitriles is 1. The second kappa shape index (κ2) is 8.92. The molecule has 0 spiro atoms. The van der Waals surface area contributed by atoms with Crippen LogP contribution in [0.1, 0.15) is 44.2 Å². The predicted molar refractivity (Wildman–Crippen MR) is 129 cm³/mol. The first kappa shape index (κ1) is 22.1. The van der Waals surface area contributed by atoms with Gasteiger partial charge in [0, 0.05) is 24.0 Å². The molecule has 8 heteroatoms. The fraction of sp³-hybridized carbons (Fsp3) is 0.346. The third-order valence-electron chi connectivity index (χ3n) is 6.58. The molecule has 2 atom stereocenters. The number of hydrogen-bond acceptors (Lipinski definition) is 5. The van der Waals surface area contributed by atoms with Gasteiger partial charge in [0.2, 0.25) is 5.88 Å². The summed E-state index contributed by atoms with van der Waals surface area (Å²) in [6.45, 7) is 2.41. The molecule has 7 nitrogen and oxygen atoms in total. The van der Waals surface area contributed by atoms with Gasteiger partial charge >= 0.3 is 0 Å². The third kappa shape index (κ3) is 3.82. The minimum atomic E-state index is -0.569. The summed E-state index contributed by atoms with van der Waals surface area (Å²) >= 11 is 0. The fourth-order valence-corrected chi connectivity index (χ4v) is 4.90. The largest absolute Gasteiger partial charge is 0.478 e. The molecule has 0 radical (unpaired) electrons. The highest BCUT2D eigenvalue weighted by molar-refractivity contribution is 5.91. The molecule has 0 saturated heterocycles. The van der Waals surface area contributed by atoms with E-state index in [0.29, 0.717) is 23.7 Å². The van der Waals surface area contributed by atoms with E-state index in [2.05, 4.69) is 11.2 Å². The van der Waals surface area contributed by atoms with Crippen molar-refractivity contribution >= 4 is 10.9 Å². The maximum absolute atomic E-state index is 14.6. The summed E-state index contributed by atoms with van der Waals surface area (Å²) in [5, 5.41) is 19.5. The molecule has 2 aromatic carbocycles. The van der Waals surface area contributed by atoms with E-state index in [4.69, 9.17) is 15.6 Å². The number of aryl methyl sites for hydroxylation is 1. The van der Waals surface area contributed by atoms with Crippen LogP contribution in [0.5, 0.6) is 5.88 Å². The number of hydrogen-bond donors (Lipinski definition) is 1. The number of benzene rings is 2. The Bertz CT molecular complexity index is 1400. The first-order valence-corrected chi connectivity index (χ1v) is 11.6. The smallest absolute Gasteiger partial charge is 0.220 e. The van der Waals surface area contributed by atoms with Gasteiger partial charge in [0.05, 0.1) is 35.5 Å². The van der Waals surface area contributed by atoms with E-state index in [1.54, 1.807) is 6.07 Å². The zero-order chi connectivity index (χ0) is 23.8. The van der Waals surface area contributed by atoms with Crippen LogP contribution in [-0.4, -0.2) is 32.2 Å². The third-order valence-corrected chi connectivity index (χ3v) is 6.58. The Morgan fingerprint density at radius 3 is 2.76 bits per heavy atom. The SMILES string of the molecule is CCOc1c(-c2ccc3c(cnn3C)c2)c(-c2ccc(C#N)c(F)c2)nn1C1CCCC(N)C1. The highest BCUT2D eigenvalue weighted by atomic mass is 19.1. The number of nitrogens with zero attached hydrogens (tertiary/aromatic N) is 5. The number of aromatic nitrogens is 4. The Labute approximate surface area is 197 Å². The molecule has 34 heavy (non-hydrogen) atoms. The van der Waals surface area contributed by atoms with Crippen molar-refractivity contribution < 1.29 is 9.13 Å². The van der Waals surface area contributed by atoms with Crippen LogP contribution in [0.3, 0.4) is 0 Å². The molecule has 4 aromatic rings. The van der Waals surface area contributed by atoms with Gasteiger partial charge in [-0.3, -0.25) is 4.68 Å². The average Bonchev–Trinajstić information content (AvgIpc) is 3.40. The van der Waals surface area contributed by atoms with Crippen molar-refractivity contribution in [3.8, 4) is 34.3 Å². The highest BCUT2D eigenvalue weighted by Crippen LogP contribution is 2.43. The summed E-state index contributed by atoms with van der Waals surface area (Å²) in [6.07, 6.45) is 5.61. The first-order valence-electron chi connectivity index (χ1n) is 11.6. The topological polar surface area (TPSA) is 94.7 Å². The number of rotatable bonds is 5. The van der Waals surface area contributed by atoms with E-state index in [1.807, 2.05) is 47.7 Å². The Morgan fingerprint density at radius 1 is 1.21 bits per heavy atom. The number of ether oxygens (including phenoxy) is 1. The monoisotopic (exact) mass is 458 g/mol. The van der Waals surface area contributed by atoms with Gasteiger partial charge in [-0.2, -0.15) is 15.5 Å². The number of nitrogens with two attached hydrogens (primary N) is 1. The summed E-state index contributed by atoms with van der Waals surface area (Å²) in [6, 6.07) is 12.8. The fourth-order valence-electron chi connectivity index (χ4n) is 4.90. The lowest BCUT2D eigenvalue weighted by molar-refractivity contribution is 0.246. The molecule has 0 amide bonds. The van der Waals surface area contributed by atoms with E-state index in [1.165, 1.54) is 12.1 Å². The van der Waals surface area contributed by atoms with Crippen LogP contribution in [0.2, 0.25) is 0 Å². The van der Waals surface area contributed by atoms with Crippen molar-refractivity contribution in [2.45, 2.75) is 44.7 Å². The lowest BCUT2D eigenvalue weighted by atomic mass is 9.91. The second-order valence-corrected chi connectivity index (χ2v) is 8.84. The zero-order valence-electron chi connectivity index (χ0n) is 19.3. The normalized spacial score (nSPS) is 18.2. The van der Waals surface area contributed by atoms with Gasteiger partial charge < -0.3 is 10.5 Å². The molecular formula is C26H27FN6O. The maximum Gasteiger partial charge on any atom is 0.220 e. The Kier molecular flexibility index (Phi) is 5.80. The van der Waals surface area contributed by atoms with E-state index in [9.17, 15) is 9.65 Å². The van der Waals surface area contributed by atoms with Crippen LogP contribution in [0.25, 0.3) is 33.3 Å². The first-order chi connectivity index (χ1) is 16.5. The quantitative estimate of drug-likeness (QED) is 0.456. The van der Waals surface area contributed by atoms with Crippen molar-refractivity contribution in [3.05, 3.63) is 54.0 Å². The summed E-state index contributed by atoms with van der Waals surface area (Å²) in [4.78, 5) is 0. The molecule has 2 N–H and O–H groups in total. The summed E-state index contributed by atoms with van der Waals surface area (Å²) in [5.41, 5.74) is 10.2. The van der Waals surface area contributed by atoms with E-state index >= 15 is 0 Å². The highest BCUT2D eigenvalue weighted by Gasteiger charge is 2.29. The molecule has 2 heterocycles. The molecule has 1 aliphatic carbocycles. The van der Waals surface area contributed by atoms with Crippen LogP contribution in [-0.2, 0) is 7.05 Å². The summed E-state index contributed by atoms with van der Waals surface area (Å²) in [7, 11) is 1.91. The summed E-state index contributed by atoms with van der Waals surface area (Å²) < 4.78 is 24.6. The van der Waals surface area contributed by atoms with Crippen molar-refractivity contribution in [2.24, 2.45) is 12.8 Å². The Morgan fingerprint density at radius 2 is 2.03 bits per heavy atom. The van der Waals surface area contributed by atoms with Crippen LogP contribution < -0.4 is 10.5 Å². The molecule has 1 aliphatic rings. The minimum Gasteiger partial charge on any atom is -0.478 e. The Hall–Kier alpha value is -3.70. The molecule has 2 unspecified atom stereocenters. The van der Waals surface area contributed by atoms with Gasteiger partial charge in [-0.25, -0.2) is 9.07 Å². The molecule has 174 valence electrons.